The summed E-state index contributed by atoms with van der Waals surface area (Å²) in [6.45, 7) is 5.61. The molecule has 2 aromatic rings. The number of rotatable bonds is 7. The summed E-state index contributed by atoms with van der Waals surface area (Å²) in [6, 6.07) is 9.45. The normalized spacial score (nSPS) is 10.4. The molecule has 2 rings (SSSR count). The number of anilines is 2. The van der Waals surface area contributed by atoms with Crippen molar-refractivity contribution in [2.75, 3.05) is 18.4 Å². The molecule has 0 aliphatic carbocycles. The fraction of sp³-hybridized carbons (Fsp3) is 0.353. The Hall–Kier alpha value is -1.95. The molecule has 1 amide bonds. The van der Waals surface area contributed by atoms with Gasteiger partial charge in [-0.05, 0) is 40.9 Å². The van der Waals surface area contributed by atoms with Crippen LogP contribution in [0, 0.1) is 0 Å². The van der Waals surface area contributed by atoms with Gasteiger partial charge in [-0.1, -0.05) is 26.0 Å². The molecule has 0 unspecified atom stereocenters. The second-order valence-corrected chi connectivity index (χ2v) is 6.04. The summed E-state index contributed by atoms with van der Waals surface area (Å²) in [6.07, 6.45) is 3.28. The van der Waals surface area contributed by atoms with Crippen molar-refractivity contribution in [1.82, 2.24) is 14.9 Å². The van der Waals surface area contributed by atoms with Crippen molar-refractivity contribution in [2.45, 2.75) is 26.7 Å². The van der Waals surface area contributed by atoms with Gasteiger partial charge < -0.3 is 10.2 Å². The van der Waals surface area contributed by atoms with E-state index < -0.39 is 0 Å². The second kappa shape index (κ2) is 8.62. The highest BCUT2D eigenvalue weighted by Crippen LogP contribution is 2.24. The van der Waals surface area contributed by atoms with Crippen LogP contribution in [0.15, 0.2) is 41.1 Å². The molecular weight excluding hydrogens is 356 g/mol. The Morgan fingerprint density at radius 1 is 1.17 bits per heavy atom. The third-order valence-corrected chi connectivity index (χ3v) is 3.99. The van der Waals surface area contributed by atoms with Crippen LogP contribution < -0.4 is 5.32 Å². The lowest BCUT2D eigenvalue weighted by atomic mass is 10.2. The summed E-state index contributed by atoms with van der Waals surface area (Å²) in [4.78, 5) is 22.8. The van der Waals surface area contributed by atoms with Gasteiger partial charge in [0, 0.05) is 23.6 Å². The van der Waals surface area contributed by atoms with Crippen molar-refractivity contribution in [3.05, 3.63) is 46.8 Å². The van der Waals surface area contributed by atoms with Gasteiger partial charge in [0.05, 0.1) is 5.69 Å². The number of amides is 1. The van der Waals surface area contributed by atoms with Crippen molar-refractivity contribution in [1.29, 1.82) is 0 Å². The molecule has 5 nitrogen and oxygen atoms in total. The van der Waals surface area contributed by atoms with E-state index in [0.29, 0.717) is 11.5 Å². The van der Waals surface area contributed by atoms with Gasteiger partial charge in [-0.3, -0.25) is 4.79 Å². The average molecular weight is 377 g/mol. The van der Waals surface area contributed by atoms with Crippen LogP contribution in [0.1, 0.15) is 37.2 Å². The first-order chi connectivity index (χ1) is 11.2. The summed E-state index contributed by atoms with van der Waals surface area (Å²) >= 11 is 3.48. The van der Waals surface area contributed by atoms with E-state index in [1.807, 2.05) is 29.2 Å². The summed E-state index contributed by atoms with van der Waals surface area (Å²) in [5.41, 5.74) is 1.31. The van der Waals surface area contributed by atoms with E-state index in [1.54, 1.807) is 6.07 Å². The number of nitrogens with zero attached hydrogens (tertiary/aromatic N) is 3. The van der Waals surface area contributed by atoms with E-state index in [9.17, 15) is 4.79 Å². The lowest BCUT2D eigenvalue weighted by molar-refractivity contribution is 0.0749. The number of benzene rings is 1. The smallest absolute Gasteiger partial charge is 0.272 e. The molecule has 0 bridgehead atoms. The Morgan fingerprint density at radius 2 is 1.87 bits per heavy atom. The van der Waals surface area contributed by atoms with Gasteiger partial charge in [-0.25, -0.2) is 9.97 Å². The largest absolute Gasteiger partial charge is 0.339 e. The highest BCUT2D eigenvalue weighted by Gasteiger charge is 2.16. The van der Waals surface area contributed by atoms with Crippen LogP contribution in [-0.4, -0.2) is 33.9 Å². The van der Waals surface area contributed by atoms with E-state index in [-0.39, 0.29) is 5.91 Å². The van der Waals surface area contributed by atoms with E-state index >= 15 is 0 Å². The van der Waals surface area contributed by atoms with Gasteiger partial charge in [-0.2, -0.15) is 0 Å². The lowest BCUT2D eigenvalue weighted by Crippen LogP contribution is -2.33. The number of halogens is 1. The molecule has 1 aromatic heterocycles. The zero-order chi connectivity index (χ0) is 16.7. The summed E-state index contributed by atoms with van der Waals surface area (Å²) in [5.74, 6) is 0.550. The number of aromatic nitrogens is 2. The first-order valence-electron chi connectivity index (χ1n) is 7.78. The summed E-state index contributed by atoms with van der Waals surface area (Å²) in [5, 5.41) is 3.20. The van der Waals surface area contributed by atoms with Crippen LogP contribution in [-0.2, 0) is 0 Å². The van der Waals surface area contributed by atoms with Crippen LogP contribution in [0.3, 0.4) is 0 Å². The minimum atomic E-state index is -0.0497. The summed E-state index contributed by atoms with van der Waals surface area (Å²) < 4.78 is 0.935. The molecule has 1 heterocycles. The molecular formula is C17H21BrN4O. The van der Waals surface area contributed by atoms with E-state index in [2.05, 4.69) is 45.1 Å². The van der Waals surface area contributed by atoms with Crippen LogP contribution in [0.4, 0.5) is 11.5 Å². The number of hydrogen-bond donors (Lipinski definition) is 1. The Bertz CT molecular complexity index is 657. The van der Waals surface area contributed by atoms with Crippen molar-refractivity contribution < 1.29 is 4.79 Å². The maximum Gasteiger partial charge on any atom is 0.272 e. The molecule has 0 fully saturated rings. The minimum absolute atomic E-state index is 0.0497. The van der Waals surface area contributed by atoms with Crippen LogP contribution in [0.5, 0.6) is 0 Å². The van der Waals surface area contributed by atoms with Gasteiger partial charge in [0.15, 0.2) is 0 Å². The second-order valence-electron chi connectivity index (χ2n) is 5.19. The number of para-hydroxylation sites is 1. The molecule has 0 saturated heterocycles. The highest BCUT2D eigenvalue weighted by molar-refractivity contribution is 9.10. The van der Waals surface area contributed by atoms with Crippen molar-refractivity contribution in [3.63, 3.8) is 0 Å². The van der Waals surface area contributed by atoms with Crippen molar-refractivity contribution in [3.8, 4) is 0 Å². The molecule has 122 valence electrons. The molecule has 1 N–H and O–H groups in total. The van der Waals surface area contributed by atoms with E-state index in [4.69, 9.17) is 0 Å². The van der Waals surface area contributed by atoms with Gasteiger partial charge in [0.2, 0.25) is 0 Å². The number of nitrogens with one attached hydrogen (secondary N) is 1. The predicted octanol–water partition coefficient (Wildman–Crippen LogP) is 4.24. The van der Waals surface area contributed by atoms with Gasteiger partial charge in [0.25, 0.3) is 5.91 Å². The third-order valence-electron chi connectivity index (χ3n) is 3.30. The van der Waals surface area contributed by atoms with Crippen LogP contribution in [0.25, 0.3) is 0 Å². The SMILES string of the molecule is CCCN(CCC)C(=O)c1cc(Nc2ccccc2Br)ncn1. The maximum absolute atomic E-state index is 12.6. The Morgan fingerprint density at radius 3 is 2.52 bits per heavy atom. The Balaban J connectivity index is 2.18. The molecule has 0 aliphatic heterocycles. The predicted molar refractivity (Wildman–Crippen MR) is 95.9 cm³/mol. The van der Waals surface area contributed by atoms with Gasteiger partial charge >= 0.3 is 0 Å². The zero-order valence-electron chi connectivity index (χ0n) is 13.4. The topological polar surface area (TPSA) is 58.1 Å². The summed E-state index contributed by atoms with van der Waals surface area (Å²) in [7, 11) is 0. The minimum Gasteiger partial charge on any atom is -0.339 e. The molecule has 6 heteroatoms. The quantitative estimate of drug-likeness (QED) is 0.784. The fourth-order valence-electron chi connectivity index (χ4n) is 2.26. The molecule has 0 atom stereocenters. The molecule has 0 saturated carbocycles. The van der Waals surface area contributed by atoms with Gasteiger partial charge in [0.1, 0.15) is 17.8 Å². The van der Waals surface area contributed by atoms with Gasteiger partial charge in [-0.15, -0.1) is 0 Å². The number of hydrogen-bond acceptors (Lipinski definition) is 4. The lowest BCUT2D eigenvalue weighted by Gasteiger charge is -2.21. The van der Waals surface area contributed by atoms with E-state index in [1.165, 1.54) is 6.33 Å². The Labute approximate surface area is 145 Å². The fourth-order valence-corrected chi connectivity index (χ4v) is 2.64. The molecule has 0 aliphatic rings. The number of carbonyl (C=O) groups excluding carboxylic acids is 1. The molecule has 0 spiro atoms. The number of carbonyl (C=O) groups is 1. The highest BCUT2D eigenvalue weighted by atomic mass is 79.9. The standard InChI is InChI=1S/C17H21BrN4O/c1-3-9-22(10-4-2)17(23)15-11-16(20-12-19-15)21-14-8-6-5-7-13(14)18/h5-8,11-12H,3-4,9-10H2,1-2H3,(H,19,20,21). The molecule has 23 heavy (non-hydrogen) atoms. The van der Waals surface area contributed by atoms with E-state index in [0.717, 1.165) is 36.1 Å². The van der Waals surface area contributed by atoms with Crippen molar-refractivity contribution in [2.24, 2.45) is 0 Å². The molecule has 1 aromatic carbocycles. The maximum atomic E-state index is 12.6. The van der Waals surface area contributed by atoms with Crippen LogP contribution >= 0.6 is 15.9 Å². The third kappa shape index (κ3) is 4.76. The van der Waals surface area contributed by atoms with Crippen LogP contribution in [0.2, 0.25) is 0 Å². The Kier molecular flexibility index (Phi) is 6.52. The zero-order valence-corrected chi connectivity index (χ0v) is 15.0. The monoisotopic (exact) mass is 376 g/mol. The first-order valence-corrected chi connectivity index (χ1v) is 8.57. The molecule has 0 radical (unpaired) electrons. The van der Waals surface area contributed by atoms with Crippen molar-refractivity contribution >= 4 is 33.3 Å². The average Bonchev–Trinajstić information content (AvgIpc) is 2.56. The first kappa shape index (κ1) is 17.4.